The SMILES string of the molecule is O=C(O)Oc1c(F)c(F)c(Cl)c(F)c1F. The summed E-state index contributed by atoms with van der Waals surface area (Å²) in [7, 11) is 0. The zero-order valence-electron chi connectivity index (χ0n) is 6.65. The third-order valence-corrected chi connectivity index (χ3v) is 1.69. The lowest BCUT2D eigenvalue weighted by atomic mass is 10.3. The second kappa shape index (κ2) is 3.93. The fraction of sp³-hybridized carbons (Fsp3) is 0. The molecule has 0 unspecified atom stereocenters. The topological polar surface area (TPSA) is 46.5 Å². The van der Waals surface area contributed by atoms with Gasteiger partial charge in [-0.2, -0.15) is 8.78 Å². The van der Waals surface area contributed by atoms with E-state index < -0.39 is 40.2 Å². The van der Waals surface area contributed by atoms with Crippen molar-refractivity contribution in [3.8, 4) is 5.75 Å². The molecule has 1 N–H and O–H groups in total. The molecule has 15 heavy (non-hydrogen) atoms. The molecule has 0 aliphatic carbocycles. The minimum absolute atomic E-state index is 1.41. The number of hydrogen-bond donors (Lipinski definition) is 1. The van der Waals surface area contributed by atoms with Crippen LogP contribution in [0.3, 0.4) is 0 Å². The molecule has 0 bridgehead atoms. The lowest BCUT2D eigenvalue weighted by Crippen LogP contribution is -2.09. The predicted octanol–water partition coefficient (Wildman–Crippen LogP) is 2.95. The summed E-state index contributed by atoms with van der Waals surface area (Å²) in [5.74, 6) is -9.57. The molecular weight excluding hydrogens is 244 g/mol. The van der Waals surface area contributed by atoms with E-state index in [0.29, 0.717) is 0 Å². The molecule has 1 aromatic rings. The molecule has 1 aromatic carbocycles. The highest BCUT2D eigenvalue weighted by Crippen LogP contribution is 2.32. The first-order valence-corrected chi connectivity index (χ1v) is 3.66. The standard InChI is InChI=1S/C7HClF4O3/c8-1-2(9)4(11)6(15-7(13)14)5(12)3(1)10/h(H,13,14). The Balaban J connectivity index is 3.45. The van der Waals surface area contributed by atoms with Crippen LogP contribution >= 0.6 is 11.6 Å². The largest absolute Gasteiger partial charge is 0.511 e. The molecule has 0 spiro atoms. The highest BCUT2D eigenvalue weighted by atomic mass is 35.5. The van der Waals surface area contributed by atoms with Crippen molar-refractivity contribution in [2.45, 2.75) is 0 Å². The highest BCUT2D eigenvalue weighted by molar-refractivity contribution is 6.30. The van der Waals surface area contributed by atoms with E-state index in [2.05, 4.69) is 4.74 Å². The Hall–Kier alpha value is -1.50. The van der Waals surface area contributed by atoms with Crippen molar-refractivity contribution in [3.05, 3.63) is 28.3 Å². The highest BCUT2D eigenvalue weighted by Gasteiger charge is 2.27. The first kappa shape index (κ1) is 11.6. The molecular formula is C7HClF4O3. The number of rotatable bonds is 1. The molecule has 0 radical (unpaired) electrons. The monoisotopic (exact) mass is 244 g/mol. The van der Waals surface area contributed by atoms with Crippen molar-refractivity contribution in [3.63, 3.8) is 0 Å². The van der Waals surface area contributed by atoms with E-state index in [4.69, 9.17) is 16.7 Å². The minimum atomic E-state index is -2.12. The van der Waals surface area contributed by atoms with Crippen molar-refractivity contribution < 1.29 is 32.2 Å². The molecule has 0 saturated heterocycles. The smallest absolute Gasteiger partial charge is 0.449 e. The lowest BCUT2D eigenvalue weighted by molar-refractivity contribution is 0.139. The Morgan fingerprint density at radius 3 is 1.80 bits per heavy atom. The molecule has 0 saturated carbocycles. The molecule has 1 rings (SSSR count). The maximum absolute atomic E-state index is 12.8. The molecule has 3 nitrogen and oxygen atoms in total. The zero-order chi connectivity index (χ0) is 11.7. The number of carboxylic acid groups (broad SMARTS) is 1. The van der Waals surface area contributed by atoms with Crippen LogP contribution in [-0.2, 0) is 0 Å². The summed E-state index contributed by atoms with van der Waals surface area (Å²) < 4.78 is 54.5. The van der Waals surface area contributed by atoms with Gasteiger partial charge in [-0.3, -0.25) is 0 Å². The van der Waals surface area contributed by atoms with Crippen LogP contribution in [0.4, 0.5) is 22.4 Å². The summed E-state index contributed by atoms with van der Waals surface area (Å²) in [5.41, 5.74) is 0. The van der Waals surface area contributed by atoms with Crippen LogP contribution in [0.2, 0.25) is 5.02 Å². The van der Waals surface area contributed by atoms with Gasteiger partial charge in [0.25, 0.3) is 0 Å². The fourth-order valence-corrected chi connectivity index (χ4v) is 0.928. The van der Waals surface area contributed by atoms with Crippen molar-refractivity contribution in [1.29, 1.82) is 0 Å². The average molecular weight is 245 g/mol. The zero-order valence-corrected chi connectivity index (χ0v) is 7.41. The van der Waals surface area contributed by atoms with Crippen LogP contribution in [0.5, 0.6) is 5.75 Å². The van der Waals surface area contributed by atoms with Crippen LogP contribution in [0.15, 0.2) is 0 Å². The molecule has 0 amide bonds. The van der Waals surface area contributed by atoms with Gasteiger partial charge in [-0.25, -0.2) is 13.6 Å². The van der Waals surface area contributed by atoms with Crippen molar-refractivity contribution >= 4 is 17.8 Å². The summed E-state index contributed by atoms with van der Waals surface area (Å²) in [4.78, 5) is 9.95. The number of hydrogen-bond acceptors (Lipinski definition) is 2. The van der Waals surface area contributed by atoms with Gasteiger partial charge in [-0.1, -0.05) is 11.6 Å². The van der Waals surface area contributed by atoms with Gasteiger partial charge in [-0.15, -0.1) is 0 Å². The molecule has 0 heterocycles. The molecule has 0 fully saturated rings. The van der Waals surface area contributed by atoms with Crippen LogP contribution in [-0.4, -0.2) is 11.3 Å². The first-order valence-electron chi connectivity index (χ1n) is 3.28. The Labute approximate surface area is 84.8 Å². The number of carbonyl (C=O) groups is 1. The summed E-state index contributed by atoms with van der Waals surface area (Å²) in [6.45, 7) is 0. The molecule has 8 heteroatoms. The summed E-state index contributed by atoms with van der Waals surface area (Å²) >= 11 is 4.86. The Morgan fingerprint density at radius 1 is 1.07 bits per heavy atom. The van der Waals surface area contributed by atoms with Gasteiger partial charge in [0, 0.05) is 0 Å². The maximum Gasteiger partial charge on any atom is 0.511 e. The molecule has 0 aromatic heterocycles. The molecule has 0 atom stereocenters. The van der Waals surface area contributed by atoms with Gasteiger partial charge in [-0.05, 0) is 0 Å². The third kappa shape index (κ3) is 1.96. The summed E-state index contributed by atoms with van der Waals surface area (Å²) in [6.07, 6.45) is -2.12. The van der Waals surface area contributed by atoms with Gasteiger partial charge in [0.05, 0.1) is 0 Å². The van der Waals surface area contributed by atoms with E-state index in [1.165, 1.54) is 0 Å². The average Bonchev–Trinajstić information content (AvgIpc) is 2.18. The van der Waals surface area contributed by atoms with Crippen LogP contribution < -0.4 is 4.74 Å². The van der Waals surface area contributed by atoms with Gasteiger partial charge in [0.15, 0.2) is 11.6 Å². The van der Waals surface area contributed by atoms with Crippen molar-refractivity contribution in [2.24, 2.45) is 0 Å². The molecule has 82 valence electrons. The van der Waals surface area contributed by atoms with Crippen molar-refractivity contribution in [1.82, 2.24) is 0 Å². The number of halogens is 5. The number of ether oxygens (including phenoxy) is 1. The van der Waals surface area contributed by atoms with E-state index in [0.717, 1.165) is 0 Å². The van der Waals surface area contributed by atoms with Crippen molar-refractivity contribution in [2.75, 3.05) is 0 Å². The predicted molar refractivity (Wildman–Crippen MR) is 39.9 cm³/mol. The van der Waals surface area contributed by atoms with Gasteiger partial charge >= 0.3 is 6.16 Å². The van der Waals surface area contributed by atoms with E-state index >= 15 is 0 Å². The maximum atomic E-state index is 12.8. The normalized spacial score (nSPS) is 10.2. The fourth-order valence-electron chi connectivity index (χ4n) is 0.762. The Bertz CT molecular complexity index is 406. The van der Waals surface area contributed by atoms with E-state index in [1.54, 1.807) is 0 Å². The second-order valence-electron chi connectivity index (χ2n) is 2.27. The van der Waals surface area contributed by atoms with Crippen LogP contribution in [0.1, 0.15) is 0 Å². The van der Waals surface area contributed by atoms with E-state index in [-0.39, 0.29) is 0 Å². The Kier molecular flexibility index (Phi) is 3.04. The lowest BCUT2D eigenvalue weighted by Gasteiger charge is -2.06. The van der Waals surface area contributed by atoms with Crippen LogP contribution in [0, 0.1) is 23.3 Å². The van der Waals surface area contributed by atoms with Gasteiger partial charge < -0.3 is 9.84 Å². The first-order chi connectivity index (χ1) is 6.86. The summed E-state index contributed by atoms with van der Waals surface area (Å²) in [6, 6.07) is 0. The second-order valence-corrected chi connectivity index (χ2v) is 2.64. The quantitative estimate of drug-likeness (QED) is 0.272. The van der Waals surface area contributed by atoms with Gasteiger partial charge in [0.2, 0.25) is 17.4 Å². The third-order valence-electron chi connectivity index (χ3n) is 1.36. The van der Waals surface area contributed by atoms with E-state index in [9.17, 15) is 22.4 Å². The van der Waals surface area contributed by atoms with Gasteiger partial charge in [0.1, 0.15) is 5.02 Å². The molecule has 0 aliphatic heterocycles. The number of benzene rings is 1. The molecule has 0 aliphatic rings. The van der Waals surface area contributed by atoms with E-state index in [1.807, 2.05) is 0 Å². The minimum Gasteiger partial charge on any atom is -0.449 e. The van der Waals surface area contributed by atoms with Crippen LogP contribution in [0.25, 0.3) is 0 Å². The summed E-state index contributed by atoms with van der Waals surface area (Å²) in [5, 5.41) is 6.62. The Morgan fingerprint density at radius 2 is 1.47 bits per heavy atom.